The monoisotopic (exact) mass is 214 g/mol. The van der Waals surface area contributed by atoms with Crippen LogP contribution in [0.5, 0.6) is 5.75 Å². The Kier molecular flexibility index (Phi) is 4.93. The fourth-order valence-corrected chi connectivity index (χ4v) is 2.00. The Hall–Kier alpha value is -0.580. The number of ether oxygens (including phenoxy) is 1. The molecule has 0 spiro atoms. The van der Waals surface area contributed by atoms with Crippen LogP contribution in [0.4, 0.5) is 0 Å². The first kappa shape index (κ1) is 11.5. The van der Waals surface area contributed by atoms with Crippen LogP contribution >= 0.6 is 11.3 Å². The second-order valence-electron chi connectivity index (χ2n) is 3.29. The second kappa shape index (κ2) is 6.01. The van der Waals surface area contributed by atoms with Gasteiger partial charge in [0.15, 0.2) is 0 Å². The molecule has 1 atom stereocenters. The Balaban J connectivity index is 2.30. The van der Waals surface area contributed by atoms with Crippen molar-refractivity contribution >= 4 is 11.3 Å². The predicted octanol–water partition coefficient (Wildman–Crippen LogP) is 1.45. The van der Waals surface area contributed by atoms with Crippen LogP contribution in [0, 0.1) is 0 Å². The molecule has 0 saturated carbocycles. The van der Waals surface area contributed by atoms with Gasteiger partial charge in [0.25, 0.3) is 0 Å². The van der Waals surface area contributed by atoms with Crippen LogP contribution < -0.4 is 15.4 Å². The average Bonchev–Trinajstić information content (AvgIpc) is 2.63. The summed E-state index contributed by atoms with van der Waals surface area (Å²) >= 11 is 1.73. The lowest BCUT2D eigenvalue weighted by Gasteiger charge is -2.11. The highest BCUT2D eigenvalue weighted by molar-refractivity contribution is 7.10. The van der Waals surface area contributed by atoms with Crippen molar-refractivity contribution in [1.29, 1.82) is 0 Å². The van der Waals surface area contributed by atoms with E-state index in [4.69, 9.17) is 4.74 Å². The number of rotatable bonds is 6. The molecule has 0 fully saturated rings. The summed E-state index contributed by atoms with van der Waals surface area (Å²) < 4.78 is 5.12. The van der Waals surface area contributed by atoms with Gasteiger partial charge in [-0.3, -0.25) is 0 Å². The molecule has 14 heavy (non-hydrogen) atoms. The van der Waals surface area contributed by atoms with Gasteiger partial charge in [0.05, 0.1) is 7.11 Å². The smallest absolute Gasteiger partial charge is 0.129 e. The Labute approximate surface area is 89.5 Å². The van der Waals surface area contributed by atoms with Gasteiger partial charge in [-0.2, -0.15) is 0 Å². The van der Waals surface area contributed by atoms with E-state index in [0.717, 1.165) is 18.8 Å². The minimum Gasteiger partial charge on any atom is -0.496 e. The summed E-state index contributed by atoms with van der Waals surface area (Å²) in [7, 11) is 3.66. The zero-order chi connectivity index (χ0) is 10.4. The van der Waals surface area contributed by atoms with E-state index in [-0.39, 0.29) is 0 Å². The summed E-state index contributed by atoms with van der Waals surface area (Å²) in [5.41, 5.74) is 0. The molecule has 4 heteroatoms. The van der Waals surface area contributed by atoms with Crippen molar-refractivity contribution in [2.45, 2.75) is 19.5 Å². The Morgan fingerprint density at radius 2 is 2.36 bits per heavy atom. The molecule has 0 radical (unpaired) electrons. The SMILES string of the molecule is CNCC(C)NCc1cc(OC)cs1. The third-order valence-electron chi connectivity index (χ3n) is 2.00. The first-order chi connectivity index (χ1) is 6.76. The normalized spacial score (nSPS) is 12.8. The van der Waals surface area contributed by atoms with Gasteiger partial charge in [-0.15, -0.1) is 11.3 Å². The summed E-state index contributed by atoms with van der Waals surface area (Å²) in [5.74, 6) is 0.952. The number of hydrogen-bond donors (Lipinski definition) is 2. The maximum atomic E-state index is 5.12. The lowest BCUT2D eigenvalue weighted by atomic mass is 10.3. The first-order valence-electron chi connectivity index (χ1n) is 4.75. The molecule has 0 aliphatic heterocycles. The van der Waals surface area contributed by atoms with Crippen LogP contribution in [0.25, 0.3) is 0 Å². The fourth-order valence-electron chi connectivity index (χ4n) is 1.21. The molecule has 0 bridgehead atoms. The van der Waals surface area contributed by atoms with E-state index in [0.29, 0.717) is 6.04 Å². The molecular weight excluding hydrogens is 196 g/mol. The molecule has 0 aromatic carbocycles. The highest BCUT2D eigenvalue weighted by Crippen LogP contribution is 2.20. The minimum atomic E-state index is 0.494. The van der Waals surface area contributed by atoms with Gasteiger partial charge in [-0.25, -0.2) is 0 Å². The standard InChI is InChI=1S/C10H18N2OS/c1-8(5-11-2)12-6-10-4-9(13-3)7-14-10/h4,7-8,11-12H,5-6H2,1-3H3. The van der Waals surface area contributed by atoms with Crippen molar-refractivity contribution in [2.75, 3.05) is 20.7 Å². The van der Waals surface area contributed by atoms with Crippen LogP contribution in [0.3, 0.4) is 0 Å². The van der Waals surface area contributed by atoms with Gasteiger partial charge in [0, 0.05) is 29.4 Å². The van der Waals surface area contributed by atoms with E-state index in [1.54, 1.807) is 18.4 Å². The van der Waals surface area contributed by atoms with Crippen LogP contribution in [-0.2, 0) is 6.54 Å². The quantitative estimate of drug-likeness (QED) is 0.752. The zero-order valence-electron chi connectivity index (χ0n) is 8.96. The molecule has 0 amide bonds. The highest BCUT2D eigenvalue weighted by Gasteiger charge is 2.02. The van der Waals surface area contributed by atoms with E-state index in [1.165, 1.54) is 4.88 Å². The van der Waals surface area contributed by atoms with E-state index in [1.807, 2.05) is 12.4 Å². The van der Waals surface area contributed by atoms with Crippen molar-refractivity contribution in [3.8, 4) is 5.75 Å². The zero-order valence-corrected chi connectivity index (χ0v) is 9.78. The van der Waals surface area contributed by atoms with Crippen LogP contribution in [-0.4, -0.2) is 26.7 Å². The molecule has 1 heterocycles. The third kappa shape index (κ3) is 3.65. The van der Waals surface area contributed by atoms with Gasteiger partial charge >= 0.3 is 0 Å². The van der Waals surface area contributed by atoms with Crippen molar-refractivity contribution in [2.24, 2.45) is 0 Å². The van der Waals surface area contributed by atoms with Crippen molar-refractivity contribution in [1.82, 2.24) is 10.6 Å². The summed E-state index contributed by atoms with van der Waals surface area (Å²) in [4.78, 5) is 1.31. The lowest BCUT2D eigenvalue weighted by Crippen LogP contribution is -2.34. The Bertz CT molecular complexity index is 262. The molecule has 3 nitrogen and oxygen atoms in total. The van der Waals surface area contributed by atoms with Gasteiger partial charge in [-0.1, -0.05) is 0 Å². The van der Waals surface area contributed by atoms with Gasteiger partial charge in [0.1, 0.15) is 5.75 Å². The summed E-state index contributed by atoms with van der Waals surface area (Å²) in [5, 5.41) is 8.59. The fraction of sp³-hybridized carbons (Fsp3) is 0.600. The van der Waals surface area contributed by atoms with E-state index in [2.05, 4.69) is 23.6 Å². The summed E-state index contributed by atoms with van der Waals surface area (Å²) in [6.07, 6.45) is 0. The third-order valence-corrected chi connectivity index (χ3v) is 2.92. The van der Waals surface area contributed by atoms with Crippen molar-refractivity contribution in [3.63, 3.8) is 0 Å². The van der Waals surface area contributed by atoms with Crippen LogP contribution in [0.1, 0.15) is 11.8 Å². The Morgan fingerprint density at radius 1 is 1.57 bits per heavy atom. The molecular formula is C10H18N2OS. The summed E-state index contributed by atoms with van der Waals surface area (Å²) in [6, 6.07) is 2.57. The molecule has 2 N–H and O–H groups in total. The van der Waals surface area contributed by atoms with E-state index in [9.17, 15) is 0 Å². The molecule has 1 aromatic rings. The highest BCUT2D eigenvalue weighted by atomic mass is 32.1. The van der Waals surface area contributed by atoms with Crippen LogP contribution in [0.15, 0.2) is 11.4 Å². The molecule has 80 valence electrons. The average molecular weight is 214 g/mol. The second-order valence-corrected chi connectivity index (χ2v) is 4.29. The lowest BCUT2D eigenvalue weighted by molar-refractivity contribution is 0.416. The largest absolute Gasteiger partial charge is 0.496 e. The van der Waals surface area contributed by atoms with Crippen LogP contribution in [0.2, 0.25) is 0 Å². The molecule has 1 rings (SSSR count). The number of thiophene rings is 1. The van der Waals surface area contributed by atoms with Gasteiger partial charge < -0.3 is 15.4 Å². The Morgan fingerprint density at radius 3 is 2.93 bits per heavy atom. The molecule has 0 saturated heterocycles. The van der Waals surface area contributed by atoms with E-state index >= 15 is 0 Å². The molecule has 1 aromatic heterocycles. The van der Waals surface area contributed by atoms with Crippen molar-refractivity contribution < 1.29 is 4.74 Å². The number of likely N-dealkylation sites (N-methyl/N-ethyl adjacent to an activating group) is 1. The van der Waals surface area contributed by atoms with Crippen molar-refractivity contribution in [3.05, 3.63) is 16.3 Å². The number of methoxy groups -OCH3 is 1. The number of nitrogens with one attached hydrogen (secondary N) is 2. The number of hydrogen-bond acceptors (Lipinski definition) is 4. The molecule has 0 aliphatic rings. The minimum absolute atomic E-state index is 0.494. The summed E-state index contributed by atoms with van der Waals surface area (Å²) in [6.45, 7) is 4.07. The topological polar surface area (TPSA) is 33.3 Å². The molecule has 1 unspecified atom stereocenters. The van der Waals surface area contributed by atoms with Gasteiger partial charge in [0.2, 0.25) is 0 Å². The maximum absolute atomic E-state index is 5.12. The van der Waals surface area contributed by atoms with E-state index < -0.39 is 0 Å². The maximum Gasteiger partial charge on any atom is 0.129 e. The predicted molar refractivity (Wildman–Crippen MR) is 61.1 cm³/mol. The first-order valence-corrected chi connectivity index (χ1v) is 5.63. The molecule has 0 aliphatic carbocycles. The van der Waals surface area contributed by atoms with Gasteiger partial charge in [-0.05, 0) is 20.0 Å².